The Morgan fingerprint density at radius 3 is 2.65 bits per heavy atom. The zero-order valence-corrected chi connectivity index (χ0v) is 13.0. The fourth-order valence-corrected chi connectivity index (χ4v) is 4.07. The molecule has 7 heteroatoms. The van der Waals surface area contributed by atoms with Gasteiger partial charge in [0, 0.05) is 5.38 Å². The number of nitrogens with one attached hydrogen (secondary N) is 1. The van der Waals surface area contributed by atoms with Crippen LogP contribution in [0.5, 0.6) is 0 Å². The number of hydrogen-bond acceptors (Lipinski definition) is 5. The number of nitrogens with zero attached hydrogens (tertiary/aromatic N) is 1. The predicted octanol–water partition coefficient (Wildman–Crippen LogP) is 2.61. The smallest absolute Gasteiger partial charge is 0.263 e. The van der Waals surface area contributed by atoms with E-state index >= 15 is 0 Å². The van der Waals surface area contributed by atoms with E-state index in [4.69, 9.17) is 0 Å². The van der Waals surface area contributed by atoms with Gasteiger partial charge in [-0.3, -0.25) is 4.72 Å². The van der Waals surface area contributed by atoms with E-state index in [9.17, 15) is 13.5 Å². The maximum atomic E-state index is 12.3. The number of hydrogen-bond donors (Lipinski definition) is 2. The molecule has 108 valence electrons. The van der Waals surface area contributed by atoms with Gasteiger partial charge >= 0.3 is 0 Å². The molecule has 0 radical (unpaired) electrons. The van der Waals surface area contributed by atoms with E-state index in [0.29, 0.717) is 11.3 Å². The minimum Gasteiger partial charge on any atom is -0.387 e. The molecule has 2 N–H and O–H groups in total. The van der Waals surface area contributed by atoms with Gasteiger partial charge in [-0.15, -0.1) is 11.3 Å². The molecule has 0 saturated carbocycles. The quantitative estimate of drug-likeness (QED) is 0.909. The number of anilines is 1. The summed E-state index contributed by atoms with van der Waals surface area (Å²) in [4.78, 5) is 4.29. The highest BCUT2D eigenvalue weighted by Crippen LogP contribution is 2.24. The topological polar surface area (TPSA) is 79.3 Å². The van der Waals surface area contributed by atoms with Crippen LogP contribution < -0.4 is 4.72 Å². The van der Waals surface area contributed by atoms with Gasteiger partial charge in [0.25, 0.3) is 10.0 Å². The molecular weight excluding hydrogens is 296 g/mol. The van der Waals surface area contributed by atoms with Crippen LogP contribution in [-0.2, 0) is 10.0 Å². The van der Waals surface area contributed by atoms with Crippen molar-refractivity contribution in [3.63, 3.8) is 0 Å². The zero-order chi connectivity index (χ0) is 14.9. The predicted molar refractivity (Wildman–Crippen MR) is 79.5 cm³/mol. The van der Waals surface area contributed by atoms with Crippen LogP contribution in [0.3, 0.4) is 0 Å². The lowest BCUT2D eigenvalue weighted by Crippen LogP contribution is -2.14. The summed E-state index contributed by atoms with van der Waals surface area (Å²) in [7, 11) is -3.66. The minimum atomic E-state index is -3.66. The highest BCUT2D eigenvalue weighted by molar-refractivity contribution is 7.93. The van der Waals surface area contributed by atoms with E-state index in [1.165, 1.54) is 0 Å². The zero-order valence-electron chi connectivity index (χ0n) is 11.4. The SMILES string of the molecule is Cc1ccc(C)c(S(=O)(=O)Nc2nc(C(C)O)cs2)c1. The van der Waals surface area contributed by atoms with Crippen molar-refractivity contribution in [2.75, 3.05) is 4.72 Å². The Morgan fingerprint density at radius 2 is 2.05 bits per heavy atom. The number of sulfonamides is 1. The average molecular weight is 312 g/mol. The molecular formula is C13H16N2O3S2. The molecule has 0 aliphatic rings. The molecule has 0 fully saturated rings. The van der Waals surface area contributed by atoms with E-state index in [-0.39, 0.29) is 10.0 Å². The van der Waals surface area contributed by atoms with Gasteiger partial charge in [-0.25, -0.2) is 13.4 Å². The summed E-state index contributed by atoms with van der Waals surface area (Å²) in [6.45, 7) is 5.17. The molecule has 1 aromatic carbocycles. The van der Waals surface area contributed by atoms with Gasteiger partial charge in [-0.1, -0.05) is 12.1 Å². The first-order valence-electron chi connectivity index (χ1n) is 6.03. The number of rotatable bonds is 4. The van der Waals surface area contributed by atoms with Crippen LogP contribution in [0.4, 0.5) is 5.13 Å². The number of aliphatic hydroxyl groups is 1. The Kier molecular flexibility index (Phi) is 4.12. The highest BCUT2D eigenvalue weighted by atomic mass is 32.2. The first-order valence-corrected chi connectivity index (χ1v) is 8.39. The Bertz CT molecular complexity index is 721. The molecule has 2 rings (SSSR count). The number of aliphatic hydroxyl groups excluding tert-OH is 1. The van der Waals surface area contributed by atoms with Crippen molar-refractivity contribution >= 4 is 26.5 Å². The van der Waals surface area contributed by atoms with Gasteiger partial charge < -0.3 is 5.11 Å². The van der Waals surface area contributed by atoms with Crippen molar-refractivity contribution in [1.29, 1.82) is 0 Å². The molecule has 1 aromatic heterocycles. The number of aromatic nitrogens is 1. The van der Waals surface area contributed by atoms with Crippen LogP contribution in [0.15, 0.2) is 28.5 Å². The van der Waals surface area contributed by atoms with Crippen LogP contribution in [0.1, 0.15) is 29.8 Å². The van der Waals surface area contributed by atoms with Crippen LogP contribution in [0.25, 0.3) is 0 Å². The molecule has 0 spiro atoms. The van der Waals surface area contributed by atoms with Crippen molar-refractivity contribution in [3.8, 4) is 0 Å². The van der Waals surface area contributed by atoms with Gasteiger partial charge in [0.15, 0.2) is 5.13 Å². The van der Waals surface area contributed by atoms with E-state index in [2.05, 4.69) is 9.71 Å². The van der Waals surface area contributed by atoms with Gasteiger partial charge in [0.05, 0.1) is 16.7 Å². The molecule has 0 amide bonds. The van der Waals surface area contributed by atoms with Crippen molar-refractivity contribution in [3.05, 3.63) is 40.4 Å². The summed E-state index contributed by atoms with van der Waals surface area (Å²) in [5.74, 6) is 0. The lowest BCUT2D eigenvalue weighted by Gasteiger charge is -2.09. The third kappa shape index (κ3) is 3.17. The molecule has 0 bridgehead atoms. The van der Waals surface area contributed by atoms with Crippen molar-refractivity contribution in [1.82, 2.24) is 4.98 Å². The van der Waals surface area contributed by atoms with Gasteiger partial charge in [-0.05, 0) is 38.0 Å². The van der Waals surface area contributed by atoms with Crippen LogP contribution in [0.2, 0.25) is 0 Å². The number of benzene rings is 1. The molecule has 1 heterocycles. The van der Waals surface area contributed by atoms with E-state index in [0.717, 1.165) is 16.9 Å². The summed E-state index contributed by atoms with van der Waals surface area (Å²) < 4.78 is 27.1. The molecule has 1 unspecified atom stereocenters. The van der Waals surface area contributed by atoms with Crippen molar-refractivity contribution in [2.45, 2.75) is 31.8 Å². The second-order valence-electron chi connectivity index (χ2n) is 4.63. The Balaban J connectivity index is 2.33. The van der Waals surface area contributed by atoms with E-state index in [1.807, 2.05) is 13.0 Å². The third-order valence-corrected chi connectivity index (χ3v) is 5.19. The Hall–Kier alpha value is -1.44. The molecule has 20 heavy (non-hydrogen) atoms. The lowest BCUT2D eigenvalue weighted by molar-refractivity contribution is 0.195. The first-order chi connectivity index (χ1) is 9.29. The van der Waals surface area contributed by atoms with Crippen LogP contribution >= 0.6 is 11.3 Å². The van der Waals surface area contributed by atoms with E-state index < -0.39 is 16.1 Å². The summed E-state index contributed by atoms with van der Waals surface area (Å²) >= 11 is 1.15. The average Bonchev–Trinajstić information content (AvgIpc) is 2.80. The van der Waals surface area contributed by atoms with Crippen LogP contribution in [-0.4, -0.2) is 18.5 Å². The summed E-state index contributed by atoms with van der Waals surface area (Å²) in [5, 5.41) is 11.3. The maximum Gasteiger partial charge on any atom is 0.263 e. The number of thiazole rings is 1. The largest absolute Gasteiger partial charge is 0.387 e. The first kappa shape index (κ1) is 15.0. The van der Waals surface area contributed by atoms with Crippen molar-refractivity contribution < 1.29 is 13.5 Å². The van der Waals surface area contributed by atoms with Gasteiger partial charge in [-0.2, -0.15) is 0 Å². The van der Waals surface area contributed by atoms with Crippen molar-refractivity contribution in [2.24, 2.45) is 0 Å². The molecule has 1 atom stereocenters. The molecule has 2 aromatic rings. The van der Waals surface area contributed by atoms with Gasteiger partial charge in [0.2, 0.25) is 0 Å². The summed E-state index contributed by atoms with van der Waals surface area (Å²) in [6.07, 6.45) is -0.717. The number of aryl methyl sites for hydroxylation is 2. The fraction of sp³-hybridized carbons (Fsp3) is 0.308. The van der Waals surface area contributed by atoms with Crippen LogP contribution in [0, 0.1) is 13.8 Å². The molecule has 0 aliphatic carbocycles. The monoisotopic (exact) mass is 312 g/mol. The lowest BCUT2D eigenvalue weighted by atomic mass is 10.2. The molecule has 0 aliphatic heterocycles. The normalized spacial score (nSPS) is 13.2. The molecule has 0 saturated heterocycles. The standard InChI is InChI=1S/C13H16N2O3S2/c1-8-4-5-9(2)12(6-8)20(17,18)15-13-14-11(7-19-13)10(3)16/h4-7,10,16H,1-3H3,(H,14,15). The molecule has 5 nitrogen and oxygen atoms in total. The van der Waals surface area contributed by atoms with Gasteiger partial charge in [0.1, 0.15) is 0 Å². The second-order valence-corrected chi connectivity index (χ2v) is 7.14. The fourth-order valence-electron chi connectivity index (χ4n) is 1.69. The minimum absolute atomic E-state index is 0.242. The Morgan fingerprint density at radius 1 is 1.35 bits per heavy atom. The van der Waals surface area contributed by atoms with E-state index in [1.54, 1.807) is 31.4 Å². The second kappa shape index (κ2) is 5.51. The highest BCUT2D eigenvalue weighted by Gasteiger charge is 2.19. The Labute approximate surface area is 122 Å². The maximum absolute atomic E-state index is 12.3. The third-order valence-electron chi connectivity index (χ3n) is 2.80. The summed E-state index contributed by atoms with van der Waals surface area (Å²) in [6, 6.07) is 5.26. The summed E-state index contributed by atoms with van der Waals surface area (Å²) in [5.41, 5.74) is 2.00.